The standard InChI is InChI=1S/C11H14BrN4O/c1-2-17-15-10-3-5-16(6-4-10)11-13-7-9(12)8-14-11/h7-8H,1-6H2. The Kier molecular flexibility index (Phi) is 4.30. The second-order valence-electron chi connectivity index (χ2n) is 3.68. The Labute approximate surface area is 109 Å². The molecule has 1 aromatic rings. The topological polar surface area (TPSA) is 50.6 Å². The predicted octanol–water partition coefficient (Wildman–Crippen LogP) is 2.05. The van der Waals surface area contributed by atoms with Gasteiger partial charge >= 0.3 is 0 Å². The lowest BCUT2D eigenvalue weighted by molar-refractivity contribution is 0.171. The Morgan fingerprint density at radius 3 is 2.59 bits per heavy atom. The molecule has 0 aliphatic carbocycles. The summed E-state index contributed by atoms with van der Waals surface area (Å²) in [5.74, 6) is 0.769. The van der Waals surface area contributed by atoms with E-state index in [9.17, 15) is 0 Å². The van der Waals surface area contributed by atoms with Gasteiger partial charge in [0.25, 0.3) is 0 Å². The fraction of sp³-hybridized carbons (Fsp3) is 0.455. The van der Waals surface area contributed by atoms with Crippen LogP contribution in [0.15, 0.2) is 22.0 Å². The van der Waals surface area contributed by atoms with Gasteiger partial charge in [0.05, 0.1) is 10.2 Å². The van der Waals surface area contributed by atoms with Gasteiger partial charge in [-0.15, -0.1) is 0 Å². The molecule has 1 radical (unpaired) electrons. The number of oxime groups is 1. The zero-order chi connectivity index (χ0) is 12.1. The Balaban J connectivity index is 1.92. The van der Waals surface area contributed by atoms with Crippen molar-refractivity contribution in [3.05, 3.63) is 23.8 Å². The normalized spacial score (nSPS) is 15.9. The maximum absolute atomic E-state index is 4.95. The van der Waals surface area contributed by atoms with Crippen LogP contribution < -0.4 is 4.90 Å². The van der Waals surface area contributed by atoms with Crippen molar-refractivity contribution >= 4 is 27.6 Å². The molecule has 2 rings (SSSR count). The maximum atomic E-state index is 4.95. The van der Waals surface area contributed by atoms with E-state index in [4.69, 9.17) is 4.84 Å². The Morgan fingerprint density at radius 2 is 2.00 bits per heavy atom. The first-order chi connectivity index (χ1) is 8.29. The minimum absolute atomic E-state index is 0.378. The SMILES string of the molecule is [CH2]CON=C1CCN(c2ncc(Br)cn2)CC1. The van der Waals surface area contributed by atoms with Gasteiger partial charge in [0.15, 0.2) is 0 Å². The van der Waals surface area contributed by atoms with Crippen molar-refractivity contribution in [3.63, 3.8) is 0 Å². The smallest absolute Gasteiger partial charge is 0.225 e. The van der Waals surface area contributed by atoms with Crippen molar-refractivity contribution in [1.29, 1.82) is 0 Å². The molecule has 1 saturated heterocycles. The van der Waals surface area contributed by atoms with Crippen molar-refractivity contribution in [2.75, 3.05) is 24.6 Å². The monoisotopic (exact) mass is 297 g/mol. The highest BCUT2D eigenvalue weighted by Gasteiger charge is 2.17. The average Bonchev–Trinajstić information content (AvgIpc) is 2.38. The molecule has 0 saturated carbocycles. The van der Waals surface area contributed by atoms with Gasteiger partial charge in [0, 0.05) is 38.3 Å². The third-order valence-electron chi connectivity index (χ3n) is 2.52. The second-order valence-corrected chi connectivity index (χ2v) is 4.59. The summed E-state index contributed by atoms with van der Waals surface area (Å²) in [6.07, 6.45) is 5.30. The van der Waals surface area contributed by atoms with E-state index in [0.717, 1.165) is 42.1 Å². The molecule has 5 nitrogen and oxygen atoms in total. The van der Waals surface area contributed by atoms with E-state index in [1.807, 2.05) is 0 Å². The predicted molar refractivity (Wildman–Crippen MR) is 69.9 cm³/mol. The molecule has 1 aliphatic heterocycles. The zero-order valence-corrected chi connectivity index (χ0v) is 11.1. The molecular formula is C11H14BrN4O. The van der Waals surface area contributed by atoms with Crippen LogP contribution >= 0.6 is 15.9 Å². The van der Waals surface area contributed by atoms with Crippen LogP contribution in [0.5, 0.6) is 0 Å². The fourth-order valence-electron chi connectivity index (χ4n) is 1.66. The fourth-order valence-corrected chi connectivity index (χ4v) is 1.87. The number of aromatic nitrogens is 2. The molecule has 1 aliphatic rings. The summed E-state index contributed by atoms with van der Waals surface area (Å²) in [6.45, 7) is 5.71. The van der Waals surface area contributed by atoms with Crippen molar-refractivity contribution < 1.29 is 4.84 Å². The van der Waals surface area contributed by atoms with Gasteiger partial charge in [-0.1, -0.05) is 5.16 Å². The highest BCUT2D eigenvalue weighted by atomic mass is 79.9. The van der Waals surface area contributed by atoms with Crippen LogP contribution in [0, 0.1) is 6.92 Å². The van der Waals surface area contributed by atoms with Crippen LogP contribution in [0.1, 0.15) is 12.8 Å². The molecular weight excluding hydrogens is 284 g/mol. The summed E-state index contributed by atoms with van der Waals surface area (Å²) in [7, 11) is 0. The highest BCUT2D eigenvalue weighted by Crippen LogP contribution is 2.15. The van der Waals surface area contributed by atoms with Gasteiger partial charge < -0.3 is 9.74 Å². The lowest BCUT2D eigenvalue weighted by Gasteiger charge is -2.27. The molecule has 0 aromatic carbocycles. The molecule has 0 bridgehead atoms. The van der Waals surface area contributed by atoms with Gasteiger partial charge in [0.1, 0.15) is 6.61 Å². The van der Waals surface area contributed by atoms with E-state index >= 15 is 0 Å². The summed E-state index contributed by atoms with van der Waals surface area (Å²) < 4.78 is 0.893. The zero-order valence-electron chi connectivity index (χ0n) is 9.47. The molecule has 1 fully saturated rings. The molecule has 0 atom stereocenters. The number of rotatable bonds is 3. The summed E-state index contributed by atoms with van der Waals surface area (Å²) in [5.41, 5.74) is 1.09. The summed E-state index contributed by atoms with van der Waals surface area (Å²) in [4.78, 5) is 15.7. The van der Waals surface area contributed by atoms with Crippen molar-refractivity contribution in [3.8, 4) is 0 Å². The van der Waals surface area contributed by atoms with Crippen LogP contribution in [0.2, 0.25) is 0 Å². The van der Waals surface area contributed by atoms with E-state index in [1.54, 1.807) is 12.4 Å². The molecule has 0 spiro atoms. The van der Waals surface area contributed by atoms with E-state index in [0.29, 0.717) is 6.61 Å². The summed E-state index contributed by atoms with van der Waals surface area (Å²) >= 11 is 3.32. The van der Waals surface area contributed by atoms with Crippen LogP contribution in [-0.2, 0) is 4.84 Å². The van der Waals surface area contributed by atoms with Crippen molar-refractivity contribution in [1.82, 2.24) is 9.97 Å². The largest absolute Gasteiger partial charge is 0.396 e. The van der Waals surface area contributed by atoms with Gasteiger partial charge in [-0.05, 0) is 22.9 Å². The number of piperidine rings is 1. The molecule has 1 aromatic heterocycles. The first-order valence-corrected chi connectivity index (χ1v) is 6.28. The molecule has 6 heteroatoms. The van der Waals surface area contributed by atoms with Crippen molar-refractivity contribution in [2.45, 2.75) is 12.8 Å². The molecule has 0 N–H and O–H groups in total. The molecule has 2 heterocycles. The van der Waals surface area contributed by atoms with Crippen LogP contribution in [0.3, 0.4) is 0 Å². The minimum Gasteiger partial charge on any atom is -0.396 e. The lowest BCUT2D eigenvalue weighted by atomic mass is 10.1. The number of halogens is 1. The van der Waals surface area contributed by atoms with Crippen LogP contribution in [0.4, 0.5) is 5.95 Å². The number of nitrogens with zero attached hydrogens (tertiary/aromatic N) is 4. The third kappa shape index (κ3) is 3.39. The van der Waals surface area contributed by atoms with E-state index in [-0.39, 0.29) is 0 Å². The quantitative estimate of drug-likeness (QED) is 0.801. The molecule has 0 unspecified atom stereocenters. The second kappa shape index (κ2) is 5.95. The van der Waals surface area contributed by atoms with E-state index < -0.39 is 0 Å². The van der Waals surface area contributed by atoms with Crippen LogP contribution in [0.25, 0.3) is 0 Å². The summed E-state index contributed by atoms with van der Waals surface area (Å²) in [5, 5.41) is 4.02. The average molecular weight is 298 g/mol. The minimum atomic E-state index is 0.378. The van der Waals surface area contributed by atoms with Gasteiger partial charge in [-0.3, -0.25) is 0 Å². The number of anilines is 1. The number of hydrogen-bond donors (Lipinski definition) is 0. The van der Waals surface area contributed by atoms with E-state index in [1.165, 1.54) is 0 Å². The Hall–Kier alpha value is -1.17. The first-order valence-electron chi connectivity index (χ1n) is 5.49. The Bertz CT molecular complexity index is 383. The van der Waals surface area contributed by atoms with Gasteiger partial charge in [0.2, 0.25) is 5.95 Å². The highest BCUT2D eigenvalue weighted by molar-refractivity contribution is 9.10. The third-order valence-corrected chi connectivity index (χ3v) is 2.92. The molecule has 91 valence electrons. The van der Waals surface area contributed by atoms with E-state index in [2.05, 4.69) is 42.9 Å². The first kappa shape index (κ1) is 12.3. The van der Waals surface area contributed by atoms with Gasteiger partial charge in [-0.25, -0.2) is 9.97 Å². The lowest BCUT2D eigenvalue weighted by Crippen LogP contribution is -2.35. The van der Waals surface area contributed by atoms with Crippen molar-refractivity contribution in [2.24, 2.45) is 5.16 Å². The maximum Gasteiger partial charge on any atom is 0.225 e. The number of hydrogen-bond acceptors (Lipinski definition) is 5. The van der Waals surface area contributed by atoms with Gasteiger partial charge in [-0.2, -0.15) is 0 Å². The molecule has 0 amide bonds. The Morgan fingerprint density at radius 1 is 1.35 bits per heavy atom. The van der Waals surface area contributed by atoms with Crippen LogP contribution in [-0.4, -0.2) is 35.4 Å². The molecule has 17 heavy (non-hydrogen) atoms. The summed E-state index contributed by atoms with van der Waals surface area (Å²) in [6, 6.07) is 0.